The number of hydrogen-bond donors (Lipinski definition) is 2. The fourth-order valence-electron chi connectivity index (χ4n) is 3.49. The third-order valence-electron chi connectivity index (χ3n) is 4.80. The van der Waals surface area contributed by atoms with Gasteiger partial charge >= 0.3 is 0 Å². The van der Waals surface area contributed by atoms with Crippen LogP contribution in [0.25, 0.3) is 0 Å². The molecule has 20 heavy (non-hydrogen) atoms. The van der Waals surface area contributed by atoms with Crippen LogP contribution in [0.1, 0.15) is 57.8 Å². The molecule has 2 aliphatic rings. The first-order valence-corrected chi connectivity index (χ1v) is 8.46. The van der Waals surface area contributed by atoms with Crippen LogP contribution in [0.5, 0.6) is 0 Å². The Morgan fingerprint density at radius 3 is 2.80 bits per heavy atom. The van der Waals surface area contributed by atoms with Crippen molar-refractivity contribution in [2.75, 3.05) is 26.7 Å². The standard InChI is InChI=1S/C16H31N3O/c1-19(15-8-3-2-4-9-15)12-6-11-17-14-7-5-10-18-16(20)13-14/h14-15,17H,2-13H2,1H3,(H,18,20). The smallest absolute Gasteiger partial charge is 0.221 e. The molecule has 0 aromatic carbocycles. The molecule has 4 nitrogen and oxygen atoms in total. The van der Waals surface area contributed by atoms with Crippen LogP contribution in [0.4, 0.5) is 0 Å². The average Bonchev–Trinajstić information content (AvgIpc) is 2.68. The molecular formula is C16H31N3O. The van der Waals surface area contributed by atoms with Crippen LogP contribution in [0.2, 0.25) is 0 Å². The number of carbonyl (C=O) groups is 1. The number of rotatable bonds is 6. The molecule has 1 atom stereocenters. The Balaban J connectivity index is 1.57. The molecule has 4 heteroatoms. The van der Waals surface area contributed by atoms with Gasteiger partial charge in [-0.3, -0.25) is 4.79 Å². The van der Waals surface area contributed by atoms with Gasteiger partial charge in [-0.25, -0.2) is 0 Å². The van der Waals surface area contributed by atoms with Crippen LogP contribution in [0.15, 0.2) is 0 Å². The van der Waals surface area contributed by atoms with Gasteiger partial charge < -0.3 is 15.5 Å². The molecule has 2 rings (SSSR count). The summed E-state index contributed by atoms with van der Waals surface area (Å²) in [6, 6.07) is 1.20. The van der Waals surface area contributed by atoms with E-state index in [1.165, 1.54) is 45.1 Å². The van der Waals surface area contributed by atoms with Gasteiger partial charge in [0.05, 0.1) is 0 Å². The predicted molar refractivity (Wildman–Crippen MR) is 82.8 cm³/mol. The molecular weight excluding hydrogens is 250 g/mol. The Kier molecular flexibility index (Phi) is 6.80. The summed E-state index contributed by atoms with van der Waals surface area (Å²) in [5.74, 6) is 0.208. The van der Waals surface area contributed by atoms with E-state index < -0.39 is 0 Å². The van der Waals surface area contributed by atoms with Gasteiger partial charge in [0.25, 0.3) is 0 Å². The zero-order valence-corrected chi connectivity index (χ0v) is 13.0. The molecule has 1 saturated carbocycles. The third kappa shape index (κ3) is 5.41. The quantitative estimate of drug-likeness (QED) is 0.731. The maximum Gasteiger partial charge on any atom is 0.221 e. The van der Waals surface area contributed by atoms with Gasteiger partial charge in [0.2, 0.25) is 5.91 Å². The molecule has 0 bridgehead atoms. The van der Waals surface area contributed by atoms with Crippen LogP contribution in [-0.2, 0) is 4.79 Å². The lowest BCUT2D eigenvalue weighted by Gasteiger charge is -2.31. The Morgan fingerprint density at radius 1 is 1.20 bits per heavy atom. The van der Waals surface area contributed by atoms with Gasteiger partial charge in [0.1, 0.15) is 0 Å². The van der Waals surface area contributed by atoms with Crippen LogP contribution in [0.3, 0.4) is 0 Å². The second-order valence-electron chi connectivity index (χ2n) is 6.47. The highest BCUT2D eigenvalue weighted by atomic mass is 16.1. The zero-order chi connectivity index (χ0) is 14.2. The minimum atomic E-state index is 0.208. The maximum absolute atomic E-state index is 11.5. The van der Waals surface area contributed by atoms with Crippen LogP contribution < -0.4 is 10.6 Å². The SMILES string of the molecule is CN(CCCNC1CCCNC(=O)C1)C1CCCCC1. The Bertz CT molecular complexity index is 289. The molecule has 1 unspecified atom stereocenters. The molecule has 2 N–H and O–H groups in total. The van der Waals surface area contributed by atoms with Crippen molar-refractivity contribution in [3.05, 3.63) is 0 Å². The van der Waals surface area contributed by atoms with E-state index in [0.717, 1.165) is 32.0 Å². The monoisotopic (exact) mass is 281 g/mol. The summed E-state index contributed by atoms with van der Waals surface area (Å²) in [7, 11) is 2.27. The normalized spacial score (nSPS) is 25.5. The Labute approximate surface area is 123 Å². The molecule has 2 fully saturated rings. The number of carbonyl (C=O) groups excluding carboxylic acids is 1. The number of amides is 1. The van der Waals surface area contributed by atoms with Crippen LogP contribution >= 0.6 is 0 Å². The van der Waals surface area contributed by atoms with E-state index in [1.54, 1.807) is 0 Å². The van der Waals surface area contributed by atoms with E-state index in [4.69, 9.17) is 0 Å². The molecule has 1 aliphatic carbocycles. The van der Waals surface area contributed by atoms with Gasteiger partial charge in [0.15, 0.2) is 0 Å². The fraction of sp³-hybridized carbons (Fsp3) is 0.938. The maximum atomic E-state index is 11.5. The summed E-state index contributed by atoms with van der Waals surface area (Å²) in [5.41, 5.74) is 0. The number of nitrogens with zero attached hydrogens (tertiary/aromatic N) is 1. The minimum absolute atomic E-state index is 0.208. The van der Waals surface area contributed by atoms with E-state index in [2.05, 4.69) is 22.6 Å². The van der Waals surface area contributed by atoms with Crippen molar-refractivity contribution in [3.8, 4) is 0 Å². The summed E-state index contributed by atoms with van der Waals surface area (Å²) >= 11 is 0. The largest absolute Gasteiger partial charge is 0.356 e. The summed E-state index contributed by atoms with van der Waals surface area (Å²) in [5, 5.41) is 6.50. The van der Waals surface area contributed by atoms with Crippen molar-refractivity contribution >= 4 is 5.91 Å². The molecule has 0 spiro atoms. The topological polar surface area (TPSA) is 44.4 Å². The molecule has 1 heterocycles. The minimum Gasteiger partial charge on any atom is -0.356 e. The van der Waals surface area contributed by atoms with Crippen molar-refractivity contribution in [2.24, 2.45) is 0 Å². The predicted octanol–water partition coefficient (Wildman–Crippen LogP) is 1.90. The number of nitrogens with one attached hydrogen (secondary N) is 2. The Morgan fingerprint density at radius 2 is 2.00 bits per heavy atom. The lowest BCUT2D eigenvalue weighted by molar-refractivity contribution is -0.121. The van der Waals surface area contributed by atoms with Gasteiger partial charge in [-0.1, -0.05) is 19.3 Å². The first kappa shape index (κ1) is 15.8. The first-order valence-electron chi connectivity index (χ1n) is 8.46. The van der Waals surface area contributed by atoms with Crippen LogP contribution in [-0.4, -0.2) is 49.6 Å². The van der Waals surface area contributed by atoms with E-state index in [-0.39, 0.29) is 5.91 Å². The first-order chi connectivity index (χ1) is 9.75. The summed E-state index contributed by atoms with van der Waals surface area (Å²) in [4.78, 5) is 14.0. The van der Waals surface area contributed by atoms with E-state index in [1.807, 2.05) is 0 Å². The van der Waals surface area contributed by atoms with Gasteiger partial charge in [-0.05, 0) is 52.2 Å². The van der Waals surface area contributed by atoms with Crippen LogP contribution in [0, 0.1) is 0 Å². The zero-order valence-electron chi connectivity index (χ0n) is 13.0. The highest BCUT2D eigenvalue weighted by molar-refractivity contribution is 5.76. The summed E-state index contributed by atoms with van der Waals surface area (Å²) in [6.45, 7) is 3.06. The van der Waals surface area contributed by atoms with Gasteiger partial charge in [0, 0.05) is 25.0 Å². The lowest BCUT2D eigenvalue weighted by atomic mass is 9.94. The highest BCUT2D eigenvalue weighted by Crippen LogP contribution is 2.21. The molecule has 1 aliphatic heterocycles. The lowest BCUT2D eigenvalue weighted by Crippen LogP contribution is -2.37. The van der Waals surface area contributed by atoms with Gasteiger partial charge in [-0.15, -0.1) is 0 Å². The number of hydrogen-bond acceptors (Lipinski definition) is 3. The van der Waals surface area contributed by atoms with Crippen molar-refractivity contribution in [1.29, 1.82) is 0 Å². The molecule has 0 aromatic rings. The summed E-state index contributed by atoms with van der Waals surface area (Å²) < 4.78 is 0. The second kappa shape index (κ2) is 8.63. The van der Waals surface area contributed by atoms with E-state index >= 15 is 0 Å². The Hall–Kier alpha value is -0.610. The second-order valence-corrected chi connectivity index (χ2v) is 6.47. The molecule has 1 saturated heterocycles. The van der Waals surface area contributed by atoms with Crippen molar-refractivity contribution < 1.29 is 4.79 Å². The third-order valence-corrected chi connectivity index (χ3v) is 4.80. The molecule has 0 aromatic heterocycles. The van der Waals surface area contributed by atoms with Crippen molar-refractivity contribution in [3.63, 3.8) is 0 Å². The van der Waals surface area contributed by atoms with Gasteiger partial charge in [-0.2, -0.15) is 0 Å². The van der Waals surface area contributed by atoms with Crippen molar-refractivity contribution in [1.82, 2.24) is 15.5 Å². The molecule has 1 amide bonds. The summed E-state index contributed by atoms with van der Waals surface area (Å²) in [6.07, 6.45) is 11.1. The average molecular weight is 281 g/mol. The fourth-order valence-corrected chi connectivity index (χ4v) is 3.49. The van der Waals surface area contributed by atoms with E-state index in [0.29, 0.717) is 12.5 Å². The molecule has 0 radical (unpaired) electrons. The molecule has 116 valence electrons. The van der Waals surface area contributed by atoms with E-state index in [9.17, 15) is 4.79 Å². The van der Waals surface area contributed by atoms with Crippen molar-refractivity contribution in [2.45, 2.75) is 69.9 Å². The highest BCUT2D eigenvalue weighted by Gasteiger charge is 2.18.